The van der Waals surface area contributed by atoms with Crippen LogP contribution < -0.4 is 5.32 Å². The largest absolute Gasteiger partial charge is 0.455 e. The second kappa shape index (κ2) is 12.2. The standard InChI is InChI=1S/C36H31FN2O3/c1-4-32(40)34-31-20-26(11-15-33(31)42-35(34)24-8-12-28(37)13-9-24)25-10-14-29(27-7-5-6-23(18-27)16-17-38)30(19-25)36(41)39-21-22(2)3/h5-15,18-20,22H,4,16,21H2,1-3H3,(H,39,41). The van der Waals surface area contributed by atoms with Crippen LogP contribution in [-0.2, 0) is 6.42 Å². The first-order valence-corrected chi connectivity index (χ1v) is 14.0. The van der Waals surface area contributed by atoms with E-state index in [1.165, 1.54) is 12.1 Å². The molecule has 1 heterocycles. The number of amides is 1. The number of ketones is 1. The number of benzene rings is 4. The summed E-state index contributed by atoms with van der Waals surface area (Å²) in [5, 5.41) is 12.9. The van der Waals surface area contributed by atoms with Crippen LogP contribution in [0.1, 0.15) is 53.5 Å². The van der Waals surface area contributed by atoms with Crippen molar-refractivity contribution in [2.75, 3.05) is 6.54 Å². The number of nitrogens with zero attached hydrogens (tertiary/aromatic N) is 1. The lowest BCUT2D eigenvalue weighted by Gasteiger charge is -2.14. The Hall–Kier alpha value is -5.02. The molecule has 5 rings (SSSR count). The van der Waals surface area contributed by atoms with E-state index in [-0.39, 0.29) is 36.3 Å². The van der Waals surface area contributed by atoms with Crippen LogP contribution in [0.25, 0.3) is 44.5 Å². The summed E-state index contributed by atoms with van der Waals surface area (Å²) < 4.78 is 19.7. The fraction of sp³-hybridized carbons (Fsp3) is 0.194. The first kappa shape index (κ1) is 28.5. The molecule has 1 N–H and O–H groups in total. The summed E-state index contributed by atoms with van der Waals surface area (Å²) in [6.07, 6.45) is 0.566. The zero-order chi connectivity index (χ0) is 29.8. The van der Waals surface area contributed by atoms with E-state index >= 15 is 0 Å². The monoisotopic (exact) mass is 558 g/mol. The number of Topliss-reactive ketones (excluding diaryl/α,β-unsaturated/α-hetero) is 1. The Morgan fingerprint density at radius 3 is 2.33 bits per heavy atom. The van der Waals surface area contributed by atoms with E-state index in [1.807, 2.05) is 74.5 Å². The van der Waals surface area contributed by atoms with Crippen molar-refractivity contribution >= 4 is 22.7 Å². The molecule has 42 heavy (non-hydrogen) atoms. The molecule has 0 aliphatic heterocycles. The molecule has 0 bridgehead atoms. The first-order chi connectivity index (χ1) is 20.3. The number of nitriles is 1. The Kier molecular flexibility index (Phi) is 8.31. The highest BCUT2D eigenvalue weighted by atomic mass is 19.1. The summed E-state index contributed by atoms with van der Waals surface area (Å²) in [7, 11) is 0. The fourth-order valence-corrected chi connectivity index (χ4v) is 5.03. The number of furan rings is 1. The zero-order valence-corrected chi connectivity index (χ0v) is 23.8. The summed E-state index contributed by atoms with van der Waals surface area (Å²) in [4.78, 5) is 26.6. The summed E-state index contributed by atoms with van der Waals surface area (Å²) in [6.45, 7) is 6.41. The average Bonchev–Trinajstić information content (AvgIpc) is 3.38. The van der Waals surface area contributed by atoms with Crippen molar-refractivity contribution in [1.29, 1.82) is 5.26 Å². The fourth-order valence-electron chi connectivity index (χ4n) is 5.03. The third kappa shape index (κ3) is 5.87. The molecule has 0 saturated heterocycles. The number of hydrogen-bond donors (Lipinski definition) is 1. The van der Waals surface area contributed by atoms with E-state index in [4.69, 9.17) is 4.42 Å². The quantitative estimate of drug-likeness (QED) is 0.184. The Morgan fingerprint density at radius 1 is 0.905 bits per heavy atom. The summed E-state index contributed by atoms with van der Waals surface area (Å²) in [5.74, 6) is 0.0693. The van der Waals surface area contributed by atoms with Crippen molar-refractivity contribution in [3.8, 4) is 39.6 Å². The van der Waals surface area contributed by atoms with Gasteiger partial charge in [0.1, 0.15) is 17.2 Å². The second-order valence-electron chi connectivity index (χ2n) is 10.7. The van der Waals surface area contributed by atoms with Gasteiger partial charge in [0.2, 0.25) is 0 Å². The van der Waals surface area contributed by atoms with Crippen LogP contribution in [0.15, 0.2) is 89.3 Å². The number of carbonyl (C=O) groups excluding carboxylic acids is 2. The Bertz CT molecular complexity index is 1830. The number of halogens is 1. The van der Waals surface area contributed by atoms with Crippen LogP contribution >= 0.6 is 0 Å². The molecule has 210 valence electrons. The molecule has 0 radical (unpaired) electrons. The van der Waals surface area contributed by atoms with Gasteiger partial charge in [0, 0.05) is 29.5 Å². The van der Waals surface area contributed by atoms with Crippen molar-refractivity contribution in [2.24, 2.45) is 5.92 Å². The summed E-state index contributed by atoms with van der Waals surface area (Å²) >= 11 is 0. The van der Waals surface area contributed by atoms with Gasteiger partial charge in [-0.25, -0.2) is 4.39 Å². The topological polar surface area (TPSA) is 83.1 Å². The van der Waals surface area contributed by atoms with Crippen molar-refractivity contribution in [3.05, 3.63) is 107 Å². The highest BCUT2D eigenvalue weighted by Gasteiger charge is 2.22. The van der Waals surface area contributed by atoms with Gasteiger partial charge in [-0.15, -0.1) is 0 Å². The van der Waals surface area contributed by atoms with Crippen LogP contribution in [0.4, 0.5) is 4.39 Å². The maximum atomic E-state index is 13.6. The smallest absolute Gasteiger partial charge is 0.251 e. The van der Waals surface area contributed by atoms with Crippen molar-refractivity contribution < 1.29 is 18.4 Å². The molecule has 5 nitrogen and oxygen atoms in total. The van der Waals surface area contributed by atoms with Crippen LogP contribution in [0.5, 0.6) is 0 Å². The molecule has 6 heteroatoms. The van der Waals surface area contributed by atoms with Gasteiger partial charge < -0.3 is 9.73 Å². The molecule has 0 spiro atoms. The third-order valence-electron chi connectivity index (χ3n) is 7.18. The van der Waals surface area contributed by atoms with Crippen molar-refractivity contribution in [2.45, 2.75) is 33.6 Å². The Labute approximate surface area is 244 Å². The molecular formula is C36H31FN2O3. The maximum absolute atomic E-state index is 13.6. The van der Waals surface area contributed by atoms with Crippen molar-refractivity contribution in [1.82, 2.24) is 5.32 Å². The molecule has 0 aliphatic rings. The lowest BCUT2D eigenvalue weighted by atomic mass is 9.92. The highest BCUT2D eigenvalue weighted by molar-refractivity contribution is 6.13. The van der Waals surface area contributed by atoms with Gasteiger partial charge in [-0.1, -0.05) is 63.2 Å². The molecule has 0 atom stereocenters. The molecule has 1 aromatic heterocycles. The number of carbonyl (C=O) groups is 2. The number of fused-ring (bicyclic) bond motifs is 1. The van der Waals surface area contributed by atoms with E-state index in [2.05, 4.69) is 11.4 Å². The van der Waals surface area contributed by atoms with Gasteiger partial charge in [0.15, 0.2) is 5.78 Å². The summed E-state index contributed by atoms with van der Waals surface area (Å²) in [6, 6.07) is 27.1. The minimum absolute atomic E-state index is 0.0772. The molecule has 5 aromatic rings. The number of rotatable bonds is 9. The predicted octanol–water partition coefficient (Wildman–Crippen LogP) is 8.62. The van der Waals surface area contributed by atoms with Crippen LogP contribution in [0.3, 0.4) is 0 Å². The minimum atomic E-state index is -0.367. The summed E-state index contributed by atoms with van der Waals surface area (Å²) in [5.41, 5.74) is 6.29. The van der Waals surface area contributed by atoms with Gasteiger partial charge in [-0.2, -0.15) is 5.26 Å². The van der Waals surface area contributed by atoms with Crippen molar-refractivity contribution in [3.63, 3.8) is 0 Å². The van der Waals surface area contributed by atoms with Gasteiger partial charge in [-0.05, 0) is 76.2 Å². The van der Waals surface area contributed by atoms with Crippen LogP contribution in [0.2, 0.25) is 0 Å². The molecule has 0 aliphatic carbocycles. The number of nitrogens with one attached hydrogen (secondary N) is 1. The van der Waals surface area contributed by atoms with Gasteiger partial charge in [0.25, 0.3) is 5.91 Å². The third-order valence-corrected chi connectivity index (χ3v) is 7.18. The first-order valence-electron chi connectivity index (χ1n) is 14.0. The zero-order valence-electron chi connectivity index (χ0n) is 23.8. The van der Waals surface area contributed by atoms with E-state index in [0.717, 1.165) is 27.8 Å². The molecule has 4 aromatic carbocycles. The van der Waals surface area contributed by atoms with Gasteiger partial charge >= 0.3 is 0 Å². The van der Waals surface area contributed by atoms with Crippen LogP contribution in [0, 0.1) is 23.1 Å². The van der Waals surface area contributed by atoms with Crippen LogP contribution in [-0.4, -0.2) is 18.2 Å². The minimum Gasteiger partial charge on any atom is -0.455 e. The van der Waals surface area contributed by atoms with E-state index < -0.39 is 0 Å². The Balaban J connectivity index is 1.64. The lowest BCUT2D eigenvalue weighted by molar-refractivity contribution is 0.0948. The van der Waals surface area contributed by atoms with E-state index in [0.29, 0.717) is 40.0 Å². The van der Waals surface area contributed by atoms with E-state index in [1.54, 1.807) is 19.1 Å². The molecular weight excluding hydrogens is 527 g/mol. The van der Waals surface area contributed by atoms with E-state index in [9.17, 15) is 19.2 Å². The maximum Gasteiger partial charge on any atom is 0.251 e. The molecule has 0 saturated carbocycles. The van der Waals surface area contributed by atoms with Gasteiger partial charge in [0.05, 0.1) is 18.1 Å². The molecule has 1 amide bonds. The molecule has 0 unspecified atom stereocenters. The SMILES string of the molecule is CCC(=O)c1c(-c2ccc(F)cc2)oc2ccc(-c3ccc(-c4cccc(CC#N)c4)c(C(=O)NCC(C)C)c3)cc12. The predicted molar refractivity (Wildman–Crippen MR) is 164 cm³/mol. The number of hydrogen-bond acceptors (Lipinski definition) is 4. The highest BCUT2D eigenvalue weighted by Crippen LogP contribution is 2.38. The van der Waals surface area contributed by atoms with Gasteiger partial charge in [-0.3, -0.25) is 9.59 Å². The average molecular weight is 559 g/mol. The normalized spacial score (nSPS) is 11.0. The Morgan fingerprint density at radius 2 is 1.62 bits per heavy atom. The second-order valence-corrected chi connectivity index (χ2v) is 10.7. The molecule has 0 fully saturated rings. The lowest BCUT2D eigenvalue weighted by Crippen LogP contribution is -2.27.